The molecule has 0 saturated heterocycles. The van der Waals surface area contributed by atoms with Gasteiger partial charge in [-0.15, -0.1) is 0 Å². The van der Waals surface area contributed by atoms with E-state index in [1.807, 2.05) is 0 Å². The maximum atomic E-state index is 13.6. The number of amides is 1. The molecule has 3 aromatic rings. The largest absolute Gasteiger partial charge is 0.352 e. The normalized spacial score (nSPS) is 10.6. The van der Waals surface area contributed by atoms with Gasteiger partial charge >= 0.3 is 0 Å². The minimum absolute atomic E-state index is 0.0729. The van der Waals surface area contributed by atoms with Gasteiger partial charge in [0.2, 0.25) is 0 Å². The van der Waals surface area contributed by atoms with Crippen LogP contribution in [0.1, 0.15) is 15.9 Å². The number of hydrogen-bond acceptors (Lipinski definition) is 3. The summed E-state index contributed by atoms with van der Waals surface area (Å²) in [5, 5.41) is 6.61. The van der Waals surface area contributed by atoms with Gasteiger partial charge in [0.1, 0.15) is 10.8 Å². The summed E-state index contributed by atoms with van der Waals surface area (Å²) in [5.74, 6) is -0.594. The molecule has 27 heavy (non-hydrogen) atoms. The Hall–Kier alpha value is -2.70. The molecule has 0 saturated carbocycles. The third-order valence-corrected chi connectivity index (χ3v) is 4.64. The SMILES string of the molecule is O=C(NCCc1ccccc1F)c1ccc(-n2ncc(Cl)c(Cl)c2=O)cc1. The van der Waals surface area contributed by atoms with E-state index in [0.717, 1.165) is 4.68 Å². The Morgan fingerprint density at radius 3 is 2.52 bits per heavy atom. The van der Waals surface area contributed by atoms with E-state index in [2.05, 4.69) is 10.4 Å². The van der Waals surface area contributed by atoms with Crippen molar-refractivity contribution in [2.45, 2.75) is 6.42 Å². The summed E-state index contributed by atoms with van der Waals surface area (Å²) in [6, 6.07) is 12.7. The summed E-state index contributed by atoms with van der Waals surface area (Å²) in [6.45, 7) is 0.301. The van der Waals surface area contributed by atoms with E-state index in [1.54, 1.807) is 42.5 Å². The number of aromatic nitrogens is 2. The Balaban J connectivity index is 1.67. The third kappa shape index (κ3) is 4.35. The summed E-state index contributed by atoms with van der Waals surface area (Å²) < 4.78 is 14.7. The Morgan fingerprint density at radius 2 is 1.81 bits per heavy atom. The zero-order valence-corrected chi connectivity index (χ0v) is 15.5. The van der Waals surface area contributed by atoms with Crippen LogP contribution in [0.3, 0.4) is 0 Å². The number of nitrogens with zero attached hydrogens (tertiary/aromatic N) is 2. The lowest BCUT2D eigenvalue weighted by Gasteiger charge is -2.08. The molecule has 1 heterocycles. The topological polar surface area (TPSA) is 64.0 Å². The number of nitrogens with one attached hydrogen (secondary N) is 1. The molecule has 0 unspecified atom stereocenters. The molecule has 0 aliphatic carbocycles. The molecule has 1 N–H and O–H groups in total. The Bertz CT molecular complexity index is 1040. The van der Waals surface area contributed by atoms with E-state index in [0.29, 0.717) is 29.8 Å². The lowest BCUT2D eigenvalue weighted by Crippen LogP contribution is -2.26. The van der Waals surface area contributed by atoms with E-state index in [4.69, 9.17) is 23.2 Å². The number of hydrogen-bond donors (Lipinski definition) is 1. The van der Waals surface area contributed by atoms with Gasteiger partial charge in [-0.3, -0.25) is 9.59 Å². The van der Waals surface area contributed by atoms with Gasteiger partial charge < -0.3 is 5.32 Å². The van der Waals surface area contributed by atoms with Gasteiger partial charge in [0.05, 0.1) is 16.9 Å². The van der Waals surface area contributed by atoms with Gasteiger partial charge in [0.15, 0.2) is 0 Å². The van der Waals surface area contributed by atoms with E-state index in [1.165, 1.54) is 12.3 Å². The molecule has 8 heteroatoms. The fraction of sp³-hybridized carbons (Fsp3) is 0.105. The molecule has 1 aromatic heterocycles. The highest BCUT2D eigenvalue weighted by Gasteiger charge is 2.11. The van der Waals surface area contributed by atoms with Gasteiger partial charge in [0, 0.05) is 12.1 Å². The zero-order valence-electron chi connectivity index (χ0n) is 14.0. The fourth-order valence-corrected chi connectivity index (χ4v) is 2.72. The quantitative estimate of drug-likeness (QED) is 0.704. The van der Waals surface area contributed by atoms with E-state index in [9.17, 15) is 14.0 Å². The van der Waals surface area contributed by atoms with E-state index < -0.39 is 5.56 Å². The average Bonchev–Trinajstić information content (AvgIpc) is 2.68. The maximum absolute atomic E-state index is 13.6. The molecular formula is C19H14Cl2FN3O2. The molecule has 0 atom stereocenters. The van der Waals surface area contributed by atoms with Crippen molar-refractivity contribution < 1.29 is 9.18 Å². The van der Waals surface area contributed by atoms with Gasteiger partial charge in [-0.05, 0) is 42.3 Å². The van der Waals surface area contributed by atoms with Crippen molar-refractivity contribution in [1.82, 2.24) is 15.1 Å². The van der Waals surface area contributed by atoms with Crippen molar-refractivity contribution in [1.29, 1.82) is 0 Å². The predicted molar refractivity (Wildman–Crippen MR) is 102 cm³/mol. The summed E-state index contributed by atoms with van der Waals surface area (Å²) in [6.07, 6.45) is 1.66. The van der Waals surface area contributed by atoms with Crippen molar-refractivity contribution in [3.63, 3.8) is 0 Å². The highest BCUT2D eigenvalue weighted by Crippen LogP contribution is 2.16. The number of rotatable bonds is 5. The maximum Gasteiger partial charge on any atom is 0.291 e. The van der Waals surface area contributed by atoms with Crippen LogP contribution < -0.4 is 10.9 Å². The van der Waals surface area contributed by atoms with E-state index in [-0.39, 0.29) is 21.8 Å². The molecule has 0 aliphatic rings. The molecule has 0 bridgehead atoms. The second kappa shape index (κ2) is 8.33. The Morgan fingerprint density at radius 1 is 1.11 bits per heavy atom. The Labute approximate surface area is 164 Å². The van der Waals surface area contributed by atoms with Gasteiger partial charge in [-0.1, -0.05) is 41.4 Å². The standard InChI is InChI=1S/C19H14Cl2FN3O2/c20-15-11-24-25(19(27)17(15)21)14-7-5-13(6-8-14)18(26)23-10-9-12-3-1-2-4-16(12)22/h1-8,11H,9-10H2,(H,23,26). The van der Waals surface area contributed by atoms with Crippen molar-refractivity contribution in [3.8, 4) is 5.69 Å². The van der Waals surface area contributed by atoms with Crippen LogP contribution in [-0.4, -0.2) is 22.2 Å². The molecule has 3 rings (SSSR count). The second-order valence-electron chi connectivity index (χ2n) is 5.67. The first kappa shape index (κ1) is 19.1. The van der Waals surface area contributed by atoms with Crippen LogP contribution >= 0.6 is 23.2 Å². The van der Waals surface area contributed by atoms with Gasteiger partial charge in [0.25, 0.3) is 11.5 Å². The van der Waals surface area contributed by atoms with Gasteiger partial charge in [-0.25, -0.2) is 4.39 Å². The molecule has 0 radical (unpaired) electrons. The van der Waals surface area contributed by atoms with Crippen LogP contribution in [0.15, 0.2) is 59.5 Å². The van der Waals surface area contributed by atoms with Crippen LogP contribution in [0.25, 0.3) is 5.69 Å². The molecule has 138 valence electrons. The van der Waals surface area contributed by atoms with Crippen LogP contribution in [0, 0.1) is 5.82 Å². The summed E-state index contributed by atoms with van der Waals surface area (Å²) in [5.41, 5.74) is 0.839. The number of carbonyl (C=O) groups is 1. The lowest BCUT2D eigenvalue weighted by molar-refractivity contribution is 0.0954. The molecule has 5 nitrogen and oxygen atoms in total. The monoisotopic (exact) mass is 405 g/mol. The van der Waals surface area contributed by atoms with Crippen molar-refractivity contribution in [2.75, 3.05) is 6.54 Å². The predicted octanol–water partition coefficient (Wildman–Crippen LogP) is 3.65. The second-order valence-corrected chi connectivity index (χ2v) is 6.45. The first-order chi connectivity index (χ1) is 13.0. The summed E-state index contributed by atoms with van der Waals surface area (Å²) in [4.78, 5) is 24.3. The third-order valence-electron chi connectivity index (χ3n) is 3.89. The van der Waals surface area contributed by atoms with Crippen molar-refractivity contribution >= 4 is 29.1 Å². The van der Waals surface area contributed by atoms with Crippen LogP contribution in [0.5, 0.6) is 0 Å². The lowest BCUT2D eigenvalue weighted by atomic mass is 10.1. The first-order valence-electron chi connectivity index (χ1n) is 8.03. The molecular weight excluding hydrogens is 392 g/mol. The first-order valence-corrected chi connectivity index (χ1v) is 8.78. The number of carbonyl (C=O) groups excluding carboxylic acids is 1. The molecule has 0 spiro atoms. The fourth-order valence-electron chi connectivity index (χ4n) is 2.46. The van der Waals surface area contributed by atoms with Gasteiger partial charge in [-0.2, -0.15) is 9.78 Å². The van der Waals surface area contributed by atoms with Crippen LogP contribution in [-0.2, 0) is 6.42 Å². The van der Waals surface area contributed by atoms with E-state index >= 15 is 0 Å². The average molecular weight is 406 g/mol. The van der Waals surface area contributed by atoms with Crippen molar-refractivity contribution in [3.05, 3.63) is 92.1 Å². The van der Waals surface area contributed by atoms with Crippen molar-refractivity contribution in [2.24, 2.45) is 0 Å². The smallest absolute Gasteiger partial charge is 0.291 e. The summed E-state index contributed by atoms with van der Waals surface area (Å²) >= 11 is 11.6. The minimum atomic E-state index is -0.550. The minimum Gasteiger partial charge on any atom is -0.352 e. The summed E-state index contributed by atoms with van der Waals surface area (Å²) in [7, 11) is 0. The molecule has 1 amide bonds. The molecule has 0 aliphatic heterocycles. The molecule has 2 aromatic carbocycles. The highest BCUT2D eigenvalue weighted by molar-refractivity contribution is 6.41. The zero-order chi connectivity index (χ0) is 19.4. The number of benzene rings is 2. The van der Waals surface area contributed by atoms with Crippen LogP contribution in [0.2, 0.25) is 10.0 Å². The molecule has 0 fully saturated rings. The Kier molecular flexibility index (Phi) is 5.88. The highest BCUT2D eigenvalue weighted by atomic mass is 35.5. The van der Waals surface area contributed by atoms with Crippen LogP contribution in [0.4, 0.5) is 4.39 Å². The number of halogens is 3.